The number of aromatic nitrogens is 1. The molecule has 0 amide bonds. The summed E-state index contributed by atoms with van der Waals surface area (Å²) in [4.78, 5) is 13.9. The number of hydrogen-bond acceptors (Lipinski definition) is 5. The molecule has 1 aromatic carbocycles. The van der Waals surface area contributed by atoms with Crippen LogP contribution in [0.1, 0.15) is 5.56 Å². The van der Waals surface area contributed by atoms with Gasteiger partial charge in [-0.1, -0.05) is 18.2 Å². The zero-order chi connectivity index (χ0) is 16.2. The van der Waals surface area contributed by atoms with E-state index in [1.54, 1.807) is 6.07 Å². The number of nitrogens with one attached hydrogen (secondary N) is 1. The Hall–Kier alpha value is -2.55. The summed E-state index contributed by atoms with van der Waals surface area (Å²) in [6.45, 7) is 0. The number of nitro groups is 1. The second-order valence-corrected chi connectivity index (χ2v) is 6.23. The molecule has 1 heterocycles. The minimum absolute atomic E-state index is 0.0685. The highest BCUT2D eigenvalue weighted by atomic mass is 32.2. The number of pyridine rings is 1. The Labute approximate surface area is 126 Å². The molecule has 2 rings (SSSR count). The fourth-order valence-electron chi connectivity index (χ4n) is 1.80. The van der Waals surface area contributed by atoms with Crippen LogP contribution in [-0.2, 0) is 16.4 Å². The lowest BCUT2D eigenvalue weighted by Crippen LogP contribution is -2.20. The first-order chi connectivity index (χ1) is 10.4. The molecule has 0 radical (unpaired) electrons. The molecule has 0 unspecified atom stereocenters. The molecule has 22 heavy (non-hydrogen) atoms. The highest BCUT2D eigenvalue weighted by Crippen LogP contribution is 2.19. The molecule has 0 aliphatic heterocycles. The number of benzene rings is 1. The van der Waals surface area contributed by atoms with Gasteiger partial charge in [0.25, 0.3) is 5.69 Å². The van der Waals surface area contributed by atoms with Crippen molar-refractivity contribution in [1.82, 2.24) is 4.98 Å². The van der Waals surface area contributed by atoms with E-state index in [9.17, 15) is 22.9 Å². The first-order valence-electron chi connectivity index (χ1n) is 6.22. The molecule has 1 aromatic heterocycles. The van der Waals surface area contributed by atoms with Crippen molar-refractivity contribution in [3.63, 3.8) is 0 Å². The van der Waals surface area contributed by atoms with Crippen molar-refractivity contribution in [2.45, 2.75) is 6.42 Å². The van der Waals surface area contributed by atoms with Crippen molar-refractivity contribution in [2.24, 2.45) is 0 Å². The molecule has 0 saturated heterocycles. The van der Waals surface area contributed by atoms with Crippen molar-refractivity contribution in [3.8, 4) is 0 Å². The molecule has 0 fully saturated rings. The summed E-state index contributed by atoms with van der Waals surface area (Å²) in [5.41, 5.74) is 0.140. The van der Waals surface area contributed by atoms with Gasteiger partial charge in [0, 0.05) is 17.8 Å². The standard InChI is InChI=1S/C13H12FN3O4S/c14-11-5-3-8-15-13(11)16-22(20,21)9-7-10-4-1-2-6-12(10)17(18)19/h1-6,8H,7,9H2,(H,15,16). The van der Waals surface area contributed by atoms with Crippen LogP contribution in [-0.4, -0.2) is 24.1 Å². The number of para-hydroxylation sites is 1. The van der Waals surface area contributed by atoms with Gasteiger partial charge in [0.05, 0.1) is 10.7 Å². The fraction of sp³-hybridized carbons (Fsp3) is 0.154. The first kappa shape index (κ1) is 15.8. The van der Waals surface area contributed by atoms with Gasteiger partial charge in [-0.05, 0) is 18.6 Å². The molecular weight excluding hydrogens is 313 g/mol. The average Bonchev–Trinajstić information content (AvgIpc) is 2.48. The minimum Gasteiger partial charge on any atom is -0.265 e. The van der Waals surface area contributed by atoms with E-state index < -0.39 is 32.3 Å². The molecule has 0 saturated carbocycles. The maximum atomic E-state index is 13.4. The molecule has 9 heteroatoms. The normalized spacial score (nSPS) is 11.1. The number of hydrogen-bond donors (Lipinski definition) is 1. The molecule has 1 N–H and O–H groups in total. The number of nitrogens with zero attached hydrogens (tertiary/aromatic N) is 2. The van der Waals surface area contributed by atoms with Gasteiger partial charge < -0.3 is 0 Å². The minimum atomic E-state index is -3.87. The Morgan fingerprint density at radius 1 is 1.23 bits per heavy atom. The van der Waals surface area contributed by atoms with Crippen molar-refractivity contribution < 1.29 is 17.7 Å². The topological polar surface area (TPSA) is 102 Å². The molecule has 7 nitrogen and oxygen atoms in total. The van der Waals surface area contributed by atoms with E-state index in [2.05, 4.69) is 4.98 Å². The Morgan fingerprint density at radius 2 is 1.95 bits per heavy atom. The van der Waals surface area contributed by atoms with Gasteiger partial charge in [0.15, 0.2) is 11.6 Å². The Morgan fingerprint density at radius 3 is 2.64 bits per heavy atom. The van der Waals surface area contributed by atoms with Gasteiger partial charge in [-0.25, -0.2) is 17.8 Å². The molecule has 0 atom stereocenters. The maximum absolute atomic E-state index is 13.4. The largest absolute Gasteiger partial charge is 0.272 e. The summed E-state index contributed by atoms with van der Waals surface area (Å²) < 4.78 is 39.2. The molecule has 2 aromatic rings. The zero-order valence-electron chi connectivity index (χ0n) is 11.3. The third-order valence-electron chi connectivity index (χ3n) is 2.84. The Balaban J connectivity index is 2.11. The third kappa shape index (κ3) is 3.98. The number of rotatable bonds is 6. The van der Waals surface area contributed by atoms with Gasteiger partial charge in [-0.3, -0.25) is 14.8 Å². The highest BCUT2D eigenvalue weighted by Gasteiger charge is 2.18. The van der Waals surface area contributed by atoms with Crippen LogP contribution in [0.25, 0.3) is 0 Å². The van der Waals surface area contributed by atoms with E-state index in [4.69, 9.17) is 0 Å². The smallest absolute Gasteiger partial charge is 0.265 e. The van der Waals surface area contributed by atoms with E-state index in [0.717, 1.165) is 6.07 Å². The van der Waals surface area contributed by atoms with Crippen molar-refractivity contribution in [1.29, 1.82) is 0 Å². The monoisotopic (exact) mass is 325 g/mol. The number of nitro benzene ring substituents is 1. The SMILES string of the molecule is O=[N+]([O-])c1ccccc1CCS(=O)(=O)Nc1ncccc1F. The van der Waals surface area contributed by atoms with Gasteiger partial charge >= 0.3 is 0 Å². The van der Waals surface area contributed by atoms with E-state index >= 15 is 0 Å². The van der Waals surface area contributed by atoms with Crippen molar-refractivity contribution in [2.75, 3.05) is 10.5 Å². The van der Waals surface area contributed by atoms with Crippen LogP contribution in [0, 0.1) is 15.9 Å². The van der Waals surface area contributed by atoms with Crippen molar-refractivity contribution in [3.05, 3.63) is 64.1 Å². The second-order valence-electron chi connectivity index (χ2n) is 4.39. The quantitative estimate of drug-likeness (QED) is 0.647. The highest BCUT2D eigenvalue weighted by molar-refractivity contribution is 7.92. The van der Waals surface area contributed by atoms with E-state index in [-0.39, 0.29) is 12.1 Å². The second kappa shape index (κ2) is 6.48. The average molecular weight is 325 g/mol. The van der Waals surface area contributed by atoms with Crippen LogP contribution in [0.15, 0.2) is 42.6 Å². The molecule has 0 aliphatic carbocycles. The van der Waals surface area contributed by atoms with Gasteiger partial charge in [0.2, 0.25) is 10.0 Å². The number of anilines is 1. The van der Waals surface area contributed by atoms with Gasteiger partial charge in [0.1, 0.15) is 0 Å². The number of aryl methyl sites for hydroxylation is 1. The summed E-state index contributed by atoms with van der Waals surface area (Å²) in [7, 11) is -3.87. The summed E-state index contributed by atoms with van der Waals surface area (Å²) in [6, 6.07) is 8.27. The van der Waals surface area contributed by atoms with E-state index in [1.165, 1.54) is 30.5 Å². The Kier molecular flexibility index (Phi) is 4.66. The molecule has 0 spiro atoms. The lowest BCUT2D eigenvalue weighted by Gasteiger charge is -2.08. The molecular formula is C13H12FN3O4S. The van der Waals surface area contributed by atoms with Crippen LogP contribution in [0.2, 0.25) is 0 Å². The fourth-order valence-corrected chi connectivity index (χ4v) is 2.84. The molecule has 0 aliphatic rings. The van der Waals surface area contributed by atoms with Crippen LogP contribution < -0.4 is 4.72 Å². The van der Waals surface area contributed by atoms with Gasteiger partial charge in [-0.15, -0.1) is 0 Å². The summed E-state index contributed by atoms with van der Waals surface area (Å²) in [6.07, 6.45) is 1.18. The van der Waals surface area contributed by atoms with Crippen LogP contribution >= 0.6 is 0 Å². The predicted molar refractivity (Wildman–Crippen MR) is 78.4 cm³/mol. The van der Waals surface area contributed by atoms with Crippen LogP contribution in [0.3, 0.4) is 0 Å². The lowest BCUT2D eigenvalue weighted by molar-refractivity contribution is -0.385. The zero-order valence-corrected chi connectivity index (χ0v) is 12.1. The van der Waals surface area contributed by atoms with Crippen LogP contribution in [0.5, 0.6) is 0 Å². The lowest BCUT2D eigenvalue weighted by atomic mass is 10.1. The predicted octanol–water partition coefficient (Wildman–Crippen LogP) is 2.11. The summed E-state index contributed by atoms with van der Waals surface area (Å²) in [5.74, 6) is -1.62. The molecule has 116 valence electrons. The molecule has 0 bridgehead atoms. The van der Waals surface area contributed by atoms with Crippen molar-refractivity contribution >= 4 is 21.5 Å². The maximum Gasteiger partial charge on any atom is 0.272 e. The third-order valence-corrected chi connectivity index (χ3v) is 4.09. The number of sulfonamides is 1. The Bertz CT molecular complexity index is 795. The number of halogens is 1. The van der Waals surface area contributed by atoms with E-state index in [0.29, 0.717) is 5.56 Å². The summed E-state index contributed by atoms with van der Waals surface area (Å²) in [5, 5.41) is 10.9. The first-order valence-corrected chi connectivity index (χ1v) is 7.87. The summed E-state index contributed by atoms with van der Waals surface area (Å²) >= 11 is 0. The van der Waals surface area contributed by atoms with Gasteiger partial charge in [-0.2, -0.15) is 0 Å². The van der Waals surface area contributed by atoms with E-state index in [1.807, 2.05) is 4.72 Å². The van der Waals surface area contributed by atoms with Crippen LogP contribution in [0.4, 0.5) is 15.9 Å².